The fraction of sp³-hybridized carbons (Fsp3) is 1.00. The molecular weight excluding hydrogens is 90.1 g/mol. The van der Waals surface area contributed by atoms with Crippen LogP contribution in [-0.4, -0.2) is 33.4 Å². The van der Waals surface area contributed by atoms with Crippen molar-refractivity contribution < 1.29 is 4.74 Å². The third-order valence-electron chi connectivity index (χ3n) is 1.23. The van der Waals surface area contributed by atoms with E-state index in [2.05, 4.69) is 11.9 Å². The zero-order valence-electron chi connectivity index (χ0n) is 4.68. The monoisotopic (exact) mass is 101 g/mol. The number of morpholine rings is 1. The predicted octanol–water partition coefficient (Wildman–Crippen LogP) is -0.214. The minimum absolute atomic E-state index is 0.913. The molecule has 0 amide bonds. The molecule has 0 spiro atoms. The highest BCUT2D eigenvalue weighted by molar-refractivity contribution is 4.59. The lowest BCUT2D eigenvalue weighted by Crippen LogP contribution is -2.37. The Morgan fingerprint density at radius 3 is 2.14 bits per heavy atom. The van der Waals surface area contributed by atoms with Crippen LogP contribution in [0.4, 0.5) is 0 Å². The van der Waals surface area contributed by atoms with E-state index < -0.39 is 0 Å². The fourth-order valence-corrected chi connectivity index (χ4v) is 0.655. The number of hydrogen-bond donors (Lipinski definition) is 0. The molecule has 0 N–H and O–H groups in total. The number of nitrogens with zero attached hydrogens (tertiary/aromatic N) is 1. The topological polar surface area (TPSA) is 15.1 Å². The molecule has 1 aliphatic heterocycles. The van der Waals surface area contributed by atoms with Crippen LogP contribution in [0.15, 0.2) is 0 Å². The molecule has 40 valence electrons. The molecule has 2 heteroatoms. The molecule has 0 aromatic carbocycles. The van der Waals surface area contributed by atoms with Crippen LogP contribution in [0.5, 0.6) is 0 Å². The van der Waals surface area contributed by atoms with Crippen LogP contribution < -0.4 is 4.90 Å². The second kappa shape index (κ2) is 2.17. The standard InChI is InChI=1S/C5H11NO/c1-6-2-4-7-5-3-6/h2-5H2,1H3/q+2. The van der Waals surface area contributed by atoms with Crippen molar-refractivity contribution in [3.8, 4) is 0 Å². The molecule has 0 unspecified atom stereocenters. The summed E-state index contributed by atoms with van der Waals surface area (Å²) >= 11 is 0. The Morgan fingerprint density at radius 1 is 1.29 bits per heavy atom. The maximum Gasteiger partial charge on any atom is 0.270 e. The van der Waals surface area contributed by atoms with E-state index in [1.807, 2.05) is 0 Å². The third-order valence-corrected chi connectivity index (χ3v) is 1.23. The van der Waals surface area contributed by atoms with Gasteiger partial charge in [0.2, 0.25) is 7.05 Å². The minimum atomic E-state index is 0.913. The van der Waals surface area contributed by atoms with Gasteiger partial charge in [-0.2, -0.15) is 4.90 Å². The molecule has 2 nitrogen and oxygen atoms in total. The van der Waals surface area contributed by atoms with E-state index in [0.717, 1.165) is 26.3 Å². The Hall–Kier alpha value is -0.240. The van der Waals surface area contributed by atoms with E-state index in [1.54, 1.807) is 0 Å². The fourth-order valence-electron chi connectivity index (χ4n) is 0.655. The summed E-state index contributed by atoms with van der Waals surface area (Å²) in [5, 5.41) is 0. The van der Waals surface area contributed by atoms with Gasteiger partial charge in [-0.1, -0.05) is 0 Å². The van der Waals surface area contributed by atoms with Crippen LogP contribution in [0, 0.1) is 0 Å². The van der Waals surface area contributed by atoms with Gasteiger partial charge in [-0.3, -0.25) is 0 Å². The van der Waals surface area contributed by atoms with Gasteiger partial charge in [0.25, 0.3) is 13.1 Å². The second-order valence-electron chi connectivity index (χ2n) is 1.92. The van der Waals surface area contributed by atoms with E-state index in [4.69, 9.17) is 4.74 Å². The Labute approximate surface area is 44.1 Å². The third kappa shape index (κ3) is 1.35. The number of hydrogen-bond acceptors (Lipinski definition) is 2. The molecule has 0 radical (unpaired) electrons. The van der Waals surface area contributed by atoms with Gasteiger partial charge >= 0.3 is 0 Å². The first-order valence-corrected chi connectivity index (χ1v) is 2.66. The number of likely N-dealkylation sites (N-methyl/N-ethyl adjacent to an activating group) is 1. The van der Waals surface area contributed by atoms with Crippen molar-refractivity contribution in [1.82, 2.24) is 4.90 Å². The SMILES string of the molecule is C[N+2]1CCOCC1. The van der Waals surface area contributed by atoms with Gasteiger partial charge < -0.3 is 4.74 Å². The van der Waals surface area contributed by atoms with E-state index in [0.29, 0.717) is 0 Å². The first kappa shape index (κ1) is 4.91. The Morgan fingerprint density at radius 2 is 1.86 bits per heavy atom. The zero-order valence-corrected chi connectivity index (χ0v) is 4.68. The highest BCUT2D eigenvalue weighted by Crippen LogP contribution is 1.86. The number of rotatable bonds is 0. The summed E-state index contributed by atoms with van der Waals surface area (Å²) < 4.78 is 5.10. The molecule has 0 saturated carbocycles. The maximum absolute atomic E-state index is 5.10. The van der Waals surface area contributed by atoms with Gasteiger partial charge in [0.05, 0.1) is 0 Å². The Bertz CT molecular complexity index is 50.0. The van der Waals surface area contributed by atoms with Crippen LogP contribution in [-0.2, 0) is 4.74 Å². The van der Waals surface area contributed by atoms with Gasteiger partial charge in [0.1, 0.15) is 0 Å². The summed E-state index contributed by atoms with van der Waals surface area (Å²) in [4.78, 5) is 2.27. The van der Waals surface area contributed by atoms with Gasteiger partial charge in [0.15, 0.2) is 13.2 Å². The number of ether oxygens (including phenoxy) is 1. The first-order valence-electron chi connectivity index (χ1n) is 2.66. The Kier molecular flexibility index (Phi) is 1.52. The lowest BCUT2D eigenvalue weighted by molar-refractivity contribution is 0.0830. The molecular formula is C5H11NO+2. The van der Waals surface area contributed by atoms with Gasteiger partial charge in [-0.25, -0.2) is 0 Å². The van der Waals surface area contributed by atoms with Crippen molar-refractivity contribution >= 4 is 0 Å². The summed E-state index contributed by atoms with van der Waals surface area (Å²) in [6.45, 7) is 4.02. The molecule has 1 heterocycles. The Balaban J connectivity index is 2.12. The smallest absolute Gasteiger partial charge is 0.270 e. The lowest BCUT2D eigenvalue weighted by Gasteiger charge is -2.06. The predicted molar refractivity (Wildman–Crippen MR) is 28.6 cm³/mol. The highest BCUT2D eigenvalue weighted by Gasteiger charge is 2.18. The average Bonchev–Trinajstić information content (AvgIpc) is 1.69. The molecule has 0 aromatic rings. The zero-order chi connectivity index (χ0) is 5.11. The van der Waals surface area contributed by atoms with E-state index in [1.165, 1.54) is 0 Å². The maximum atomic E-state index is 5.10. The molecule has 1 saturated heterocycles. The van der Waals surface area contributed by atoms with Crippen LogP contribution in [0.25, 0.3) is 0 Å². The van der Waals surface area contributed by atoms with Gasteiger partial charge in [0, 0.05) is 0 Å². The first-order chi connectivity index (χ1) is 3.39. The summed E-state index contributed by atoms with van der Waals surface area (Å²) in [6.07, 6.45) is 0. The van der Waals surface area contributed by atoms with Gasteiger partial charge in [-0.05, 0) is 0 Å². The van der Waals surface area contributed by atoms with E-state index >= 15 is 0 Å². The summed E-state index contributed by atoms with van der Waals surface area (Å²) in [6, 6.07) is 0. The van der Waals surface area contributed by atoms with Crippen molar-refractivity contribution in [2.75, 3.05) is 33.4 Å². The van der Waals surface area contributed by atoms with Crippen molar-refractivity contribution in [2.45, 2.75) is 0 Å². The second-order valence-corrected chi connectivity index (χ2v) is 1.92. The van der Waals surface area contributed by atoms with Crippen molar-refractivity contribution in [1.29, 1.82) is 0 Å². The van der Waals surface area contributed by atoms with E-state index in [9.17, 15) is 0 Å². The van der Waals surface area contributed by atoms with Crippen LogP contribution >= 0.6 is 0 Å². The summed E-state index contributed by atoms with van der Waals surface area (Å²) in [5.41, 5.74) is 0. The molecule has 7 heavy (non-hydrogen) atoms. The van der Waals surface area contributed by atoms with Gasteiger partial charge in [-0.15, -0.1) is 0 Å². The summed E-state index contributed by atoms with van der Waals surface area (Å²) in [7, 11) is 2.11. The molecule has 1 aliphatic rings. The average molecular weight is 101 g/mol. The molecule has 1 fully saturated rings. The molecule has 0 aliphatic carbocycles. The summed E-state index contributed by atoms with van der Waals surface area (Å²) in [5.74, 6) is 0. The minimum Gasteiger partial charge on any atom is -0.357 e. The van der Waals surface area contributed by atoms with E-state index in [-0.39, 0.29) is 0 Å². The van der Waals surface area contributed by atoms with Crippen LogP contribution in [0.3, 0.4) is 0 Å². The van der Waals surface area contributed by atoms with Crippen molar-refractivity contribution in [2.24, 2.45) is 0 Å². The molecule has 1 rings (SSSR count). The van der Waals surface area contributed by atoms with Crippen molar-refractivity contribution in [3.05, 3.63) is 0 Å². The van der Waals surface area contributed by atoms with Crippen LogP contribution in [0.1, 0.15) is 0 Å². The lowest BCUT2D eigenvalue weighted by atomic mass is 10.5. The van der Waals surface area contributed by atoms with Crippen molar-refractivity contribution in [3.63, 3.8) is 0 Å². The molecule has 0 bridgehead atoms. The molecule has 0 aromatic heterocycles. The normalized spacial score (nSPS) is 22.7. The quantitative estimate of drug-likeness (QED) is 0.412. The largest absolute Gasteiger partial charge is 0.357 e. The van der Waals surface area contributed by atoms with Crippen LogP contribution in [0.2, 0.25) is 0 Å². The molecule has 0 atom stereocenters. The highest BCUT2D eigenvalue weighted by atomic mass is 16.5.